The zero-order chi connectivity index (χ0) is 12.8. The van der Waals surface area contributed by atoms with Crippen molar-refractivity contribution in [2.75, 3.05) is 0 Å². The first-order chi connectivity index (χ1) is 8.12. The monoisotopic (exact) mass is 234 g/mol. The molecule has 3 nitrogen and oxygen atoms in total. The number of benzene rings is 1. The van der Waals surface area contributed by atoms with Gasteiger partial charge < -0.3 is 5.11 Å². The van der Waals surface area contributed by atoms with Gasteiger partial charge in [-0.25, -0.2) is 0 Å². The maximum Gasteiger partial charge on any atom is 0.303 e. The van der Waals surface area contributed by atoms with Gasteiger partial charge in [0.25, 0.3) is 0 Å². The van der Waals surface area contributed by atoms with Gasteiger partial charge in [0.05, 0.1) is 0 Å². The van der Waals surface area contributed by atoms with Crippen molar-refractivity contribution in [3.8, 4) is 0 Å². The molecule has 0 bridgehead atoms. The predicted molar refractivity (Wildman–Crippen MR) is 66.5 cm³/mol. The number of carboxylic acids is 1. The molecule has 1 rings (SSSR count). The summed E-state index contributed by atoms with van der Waals surface area (Å²) in [7, 11) is 0. The fourth-order valence-corrected chi connectivity index (χ4v) is 2.08. The lowest BCUT2D eigenvalue weighted by Crippen LogP contribution is -2.05. The van der Waals surface area contributed by atoms with Gasteiger partial charge in [-0.15, -0.1) is 0 Å². The first-order valence-corrected chi connectivity index (χ1v) is 5.94. The Morgan fingerprint density at radius 2 is 1.76 bits per heavy atom. The number of hydrogen-bond acceptors (Lipinski definition) is 2. The Balaban J connectivity index is 3.14. The van der Waals surface area contributed by atoms with E-state index in [-0.39, 0.29) is 6.42 Å². The SMILES string of the molecule is CCc1cc(C=O)cc(CC)c1CCC(=O)O. The molecule has 0 heterocycles. The molecule has 0 unspecified atom stereocenters. The van der Waals surface area contributed by atoms with Crippen LogP contribution in [0.5, 0.6) is 0 Å². The molecule has 1 aromatic carbocycles. The third-order valence-electron chi connectivity index (χ3n) is 2.94. The molecule has 0 aromatic heterocycles. The van der Waals surface area contributed by atoms with Crippen LogP contribution in [0.1, 0.15) is 47.3 Å². The Hall–Kier alpha value is -1.64. The normalized spacial score (nSPS) is 10.2. The molecule has 0 atom stereocenters. The number of aldehydes is 1. The molecule has 0 radical (unpaired) electrons. The number of aryl methyl sites for hydroxylation is 2. The Labute approximate surface area is 101 Å². The third-order valence-corrected chi connectivity index (χ3v) is 2.94. The quantitative estimate of drug-likeness (QED) is 0.770. The summed E-state index contributed by atoms with van der Waals surface area (Å²) in [5, 5.41) is 8.75. The minimum Gasteiger partial charge on any atom is -0.481 e. The Kier molecular flexibility index (Phi) is 4.88. The zero-order valence-electron chi connectivity index (χ0n) is 10.3. The largest absolute Gasteiger partial charge is 0.481 e. The van der Waals surface area contributed by atoms with Crippen LogP contribution in [0.4, 0.5) is 0 Å². The lowest BCUT2D eigenvalue weighted by Gasteiger charge is -2.13. The number of carboxylic acid groups (broad SMARTS) is 1. The molecule has 0 saturated carbocycles. The van der Waals surface area contributed by atoms with Gasteiger partial charge in [-0.1, -0.05) is 13.8 Å². The fourth-order valence-electron chi connectivity index (χ4n) is 2.08. The molecule has 92 valence electrons. The molecular weight excluding hydrogens is 216 g/mol. The summed E-state index contributed by atoms with van der Waals surface area (Å²) in [6, 6.07) is 3.73. The van der Waals surface area contributed by atoms with E-state index in [2.05, 4.69) is 0 Å². The van der Waals surface area contributed by atoms with Crippen molar-refractivity contribution >= 4 is 12.3 Å². The molecule has 0 aliphatic carbocycles. The third kappa shape index (κ3) is 3.41. The highest BCUT2D eigenvalue weighted by molar-refractivity contribution is 5.76. The number of rotatable bonds is 6. The maximum absolute atomic E-state index is 10.8. The summed E-state index contributed by atoms with van der Waals surface area (Å²) in [6.45, 7) is 4.04. The van der Waals surface area contributed by atoms with E-state index in [0.717, 1.165) is 35.8 Å². The lowest BCUT2D eigenvalue weighted by atomic mass is 9.92. The number of carbonyl (C=O) groups excluding carboxylic acids is 1. The van der Waals surface area contributed by atoms with E-state index in [4.69, 9.17) is 5.11 Å². The summed E-state index contributed by atoms with van der Waals surface area (Å²) < 4.78 is 0. The van der Waals surface area contributed by atoms with Gasteiger partial charge in [0.1, 0.15) is 6.29 Å². The van der Waals surface area contributed by atoms with Gasteiger partial charge in [0, 0.05) is 12.0 Å². The van der Waals surface area contributed by atoms with Crippen LogP contribution >= 0.6 is 0 Å². The van der Waals surface area contributed by atoms with Crippen molar-refractivity contribution in [2.45, 2.75) is 39.5 Å². The summed E-state index contributed by atoms with van der Waals surface area (Å²) in [5.74, 6) is -0.784. The molecule has 1 N–H and O–H groups in total. The summed E-state index contributed by atoms with van der Waals surface area (Å²) in [6.07, 6.45) is 3.17. The lowest BCUT2D eigenvalue weighted by molar-refractivity contribution is -0.136. The van der Waals surface area contributed by atoms with Crippen molar-refractivity contribution in [1.29, 1.82) is 0 Å². The number of hydrogen-bond donors (Lipinski definition) is 1. The van der Waals surface area contributed by atoms with E-state index in [1.165, 1.54) is 0 Å². The van der Waals surface area contributed by atoms with Crippen LogP contribution in [0, 0.1) is 0 Å². The van der Waals surface area contributed by atoms with Crippen molar-refractivity contribution in [1.82, 2.24) is 0 Å². The molecule has 0 spiro atoms. The highest BCUT2D eigenvalue weighted by Crippen LogP contribution is 2.20. The fraction of sp³-hybridized carbons (Fsp3) is 0.429. The van der Waals surface area contributed by atoms with E-state index in [1.807, 2.05) is 26.0 Å². The summed E-state index contributed by atoms with van der Waals surface area (Å²) >= 11 is 0. The van der Waals surface area contributed by atoms with Crippen LogP contribution in [-0.2, 0) is 24.1 Å². The minimum atomic E-state index is -0.784. The molecule has 17 heavy (non-hydrogen) atoms. The molecule has 0 fully saturated rings. The van der Waals surface area contributed by atoms with Crippen LogP contribution in [0.25, 0.3) is 0 Å². The van der Waals surface area contributed by atoms with Crippen molar-refractivity contribution in [3.05, 3.63) is 34.4 Å². The van der Waals surface area contributed by atoms with Gasteiger partial charge in [-0.05, 0) is 48.1 Å². The number of carbonyl (C=O) groups is 2. The first-order valence-electron chi connectivity index (χ1n) is 5.94. The number of aliphatic carboxylic acids is 1. The predicted octanol–water partition coefficient (Wildman–Crippen LogP) is 2.64. The highest BCUT2D eigenvalue weighted by Gasteiger charge is 2.10. The molecule has 0 aliphatic rings. The Morgan fingerprint density at radius 1 is 1.24 bits per heavy atom. The van der Waals surface area contributed by atoms with Crippen molar-refractivity contribution < 1.29 is 14.7 Å². The molecule has 3 heteroatoms. The van der Waals surface area contributed by atoms with Crippen LogP contribution < -0.4 is 0 Å². The molecule has 0 aliphatic heterocycles. The molecule has 0 saturated heterocycles. The maximum atomic E-state index is 10.8. The molecular formula is C14H18O3. The van der Waals surface area contributed by atoms with E-state index in [1.54, 1.807) is 0 Å². The molecule has 1 aromatic rings. The van der Waals surface area contributed by atoms with Crippen LogP contribution in [0.15, 0.2) is 12.1 Å². The van der Waals surface area contributed by atoms with E-state index in [9.17, 15) is 9.59 Å². The van der Waals surface area contributed by atoms with Crippen molar-refractivity contribution in [3.63, 3.8) is 0 Å². The van der Waals surface area contributed by atoms with Gasteiger partial charge in [0.2, 0.25) is 0 Å². The standard InChI is InChI=1S/C14H18O3/c1-3-11-7-10(9-15)8-12(4-2)13(11)5-6-14(16)17/h7-9H,3-6H2,1-2H3,(H,16,17). The molecule has 0 amide bonds. The van der Waals surface area contributed by atoms with Gasteiger partial charge in [-0.2, -0.15) is 0 Å². The second kappa shape index (κ2) is 6.18. The van der Waals surface area contributed by atoms with Gasteiger partial charge in [0.15, 0.2) is 0 Å². The smallest absolute Gasteiger partial charge is 0.303 e. The Morgan fingerprint density at radius 3 is 2.12 bits per heavy atom. The average molecular weight is 234 g/mol. The summed E-state index contributed by atoms with van der Waals surface area (Å²) in [5.41, 5.74) is 3.96. The second-order valence-corrected chi connectivity index (χ2v) is 4.04. The second-order valence-electron chi connectivity index (χ2n) is 4.04. The van der Waals surface area contributed by atoms with Gasteiger partial charge in [-0.3, -0.25) is 9.59 Å². The zero-order valence-corrected chi connectivity index (χ0v) is 10.3. The topological polar surface area (TPSA) is 54.4 Å². The minimum absolute atomic E-state index is 0.139. The Bertz CT molecular complexity index is 396. The highest BCUT2D eigenvalue weighted by atomic mass is 16.4. The van der Waals surface area contributed by atoms with Crippen LogP contribution in [0.3, 0.4) is 0 Å². The van der Waals surface area contributed by atoms with Gasteiger partial charge >= 0.3 is 5.97 Å². The van der Waals surface area contributed by atoms with E-state index >= 15 is 0 Å². The average Bonchev–Trinajstić information content (AvgIpc) is 2.34. The van der Waals surface area contributed by atoms with Crippen LogP contribution in [0.2, 0.25) is 0 Å². The summed E-state index contributed by atoms with van der Waals surface area (Å²) in [4.78, 5) is 21.5. The van der Waals surface area contributed by atoms with E-state index < -0.39 is 5.97 Å². The van der Waals surface area contributed by atoms with Crippen LogP contribution in [-0.4, -0.2) is 17.4 Å². The van der Waals surface area contributed by atoms with Crippen molar-refractivity contribution in [2.24, 2.45) is 0 Å². The first kappa shape index (κ1) is 13.4. The van der Waals surface area contributed by atoms with E-state index in [0.29, 0.717) is 12.0 Å².